The Balaban J connectivity index is 1.40. The zero-order chi connectivity index (χ0) is 25.9. The molecule has 0 aliphatic carbocycles. The Hall–Kier alpha value is -3.48. The number of likely N-dealkylation sites (tertiary alicyclic amines) is 1. The van der Waals surface area contributed by atoms with Gasteiger partial charge in [-0.3, -0.25) is 19.3 Å². The van der Waals surface area contributed by atoms with Crippen molar-refractivity contribution >= 4 is 35.0 Å². The first kappa shape index (κ1) is 25.2. The Labute approximate surface area is 222 Å². The van der Waals surface area contributed by atoms with E-state index in [1.165, 1.54) is 10.5 Å². The number of halogens is 1. The Kier molecular flexibility index (Phi) is 7.40. The second-order valence-electron chi connectivity index (χ2n) is 9.78. The quantitative estimate of drug-likeness (QED) is 0.429. The van der Waals surface area contributed by atoms with Crippen molar-refractivity contribution < 1.29 is 14.4 Å². The number of carbonyl (C=O) groups is 3. The number of amides is 3. The lowest BCUT2D eigenvalue weighted by Gasteiger charge is -2.41. The molecule has 1 unspecified atom stereocenters. The van der Waals surface area contributed by atoms with Crippen LogP contribution in [0.3, 0.4) is 0 Å². The highest BCUT2D eigenvalue weighted by molar-refractivity contribution is 6.31. The van der Waals surface area contributed by atoms with Crippen molar-refractivity contribution in [2.75, 3.05) is 18.0 Å². The minimum atomic E-state index is -0.832. The number of hydrogen-bond donors (Lipinski definition) is 0. The Bertz CT molecular complexity index is 1290. The van der Waals surface area contributed by atoms with Gasteiger partial charge in [-0.25, -0.2) is 4.90 Å². The van der Waals surface area contributed by atoms with Gasteiger partial charge in [-0.1, -0.05) is 60.1 Å². The van der Waals surface area contributed by atoms with Crippen molar-refractivity contribution in [3.63, 3.8) is 0 Å². The highest BCUT2D eigenvalue weighted by atomic mass is 35.5. The molecule has 2 fully saturated rings. The van der Waals surface area contributed by atoms with Gasteiger partial charge < -0.3 is 4.90 Å². The normalized spacial score (nSPS) is 18.9. The van der Waals surface area contributed by atoms with Gasteiger partial charge in [0.05, 0.1) is 12.1 Å². The van der Waals surface area contributed by atoms with Crippen LogP contribution in [0, 0.1) is 6.92 Å². The molecule has 0 aromatic heterocycles. The highest BCUT2D eigenvalue weighted by Gasteiger charge is 2.47. The van der Waals surface area contributed by atoms with Gasteiger partial charge in [0.15, 0.2) is 0 Å². The maximum atomic E-state index is 14.0. The summed E-state index contributed by atoms with van der Waals surface area (Å²) in [7, 11) is 0. The van der Waals surface area contributed by atoms with Crippen molar-refractivity contribution in [3.05, 3.63) is 101 Å². The first-order valence-electron chi connectivity index (χ1n) is 12.7. The van der Waals surface area contributed by atoms with E-state index in [-0.39, 0.29) is 30.2 Å². The molecule has 0 N–H and O–H groups in total. The van der Waals surface area contributed by atoms with Gasteiger partial charge >= 0.3 is 0 Å². The molecule has 2 aliphatic heterocycles. The van der Waals surface area contributed by atoms with E-state index >= 15 is 0 Å². The number of anilines is 1. The number of imide groups is 1. The molecule has 0 radical (unpaired) electrons. The minimum Gasteiger partial charge on any atom is -0.323 e. The van der Waals surface area contributed by atoms with Gasteiger partial charge in [0.1, 0.15) is 6.04 Å². The van der Waals surface area contributed by atoms with Crippen molar-refractivity contribution in [1.29, 1.82) is 0 Å². The molecule has 0 saturated carbocycles. The lowest BCUT2D eigenvalue weighted by molar-refractivity contribution is -0.123. The fourth-order valence-corrected chi connectivity index (χ4v) is 5.53. The third-order valence-corrected chi connectivity index (χ3v) is 7.60. The van der Waals surface area contributed by atoms with E-state index in [4.69, 9.17) is 11.6 Å². The largest absolute Gasteiger partial charge is 0.323 e. The van der Waals surface area contributed by atoms with Gasteiger partial charge in [-0.05, 0) is 61.2 Å². The zero-order valence-corrected chi connectivity index (χ0v) is 21.6. The second-order valence-corrected chi connectivity index (χ2v) is 10.2. The van der Waals surface area contributed by atoms with E-state index < -0.39 is 6.04 Å². The van der Waals surface area contributed by atoms with Crippen LogP contribution in [0.4, 0.5) is 5.69 Å². The van der Waals surface area contributed by atoms with Crippen LogP contribution in [0.1, 0.15) is 40.7 Å². The zero-order valence-electron chi connectivity index (χ0n) is 20.8. The van der Waals surface area contributed by atoms with Gasteiger partial charge in [0.25, 0.3) is 11.8 Å². The molecule has 190 valence electrons. The Morgan fingerprint density at radius 3 is 2.24 bits per heavy atom. The third-order valence-electron chi connectivity index (χ3n) is 7.35. The van der Waals surface area contributed by atoms with E-state index in [0.717, 1.165) is 38.0 Å². The SMILES string of the molecule is Cc1ccccc1C(=O)N(C1CCN(Cc2ccccc2)CC1)C1CC(=O)N(c2ccc(Cl)cc2)C1=O. The summed E-state index contributed by atoms with van der Waals surface area (Å²) in [5.74, 6) is -0.855. The number of piperidine rings is 1. The standard InChI is InChI=1S/C30H30ClN3O3/c1-21-7-5-6-10-26(21)29(36)33(25-15-17-32(18-16-25)20-22-8-3-2-4-9-22)27-19-28(35)34(30(27)37)24-13-11-23(31)12-14-24/h2-14,25,27H,15-20H2,1H3. The first-order valence-corrected chi connectivity index (χ1v) is 13.1. The average molecular weight is 516 g/mol. The van der Waals surface area contributed by atoms with E-state index in [9.17, 15) is 14.4 Å². The molecule has 3 aromatic rings. The molecule has 2 aliphatic rings. The smallest absolute Gasteiger partial charge is 0.257 e. The lowest BCUT2D eigenvalue weighted by Crippen LogP contribution is -2.54. The summed E-state index contributed by atoms with van der Waals surface area (Å²) in [5, 5.41) is 0.526. The van der Waals surface area contributed by atoms with Crippen LogP contribution in [0.15, 0.2) is 78.9 Å². The highest BCUT2D eigenvalue weighted by Crippen LogP contribution is 2.31. The molecule has 2 saturated heterocycles. The van der Waals surface area contributed by atoms with Crippen LogP contribution in [-0.4, -0.2) is 52.7 Å². The molecular weight excluding hydrogens is 486 g/mol. The molecule has 5 rings (SSSR count). The summed E-state index contributed by atoms with van der Waals surface area (Å²) in [5.41, 5.74) is 3.15. The number of nitrogens with zero attached hydrogens (tertiary/aromatic N) is 3. The van der Waals surface area contributed by atoms with Gasteiger partial charge in [-0.15, -0.1) is 0 Å². The summed E-state index contributed by atoms with van der Waals surface area (Å²) in [4.78, 5) is 46.0. The summed E-state index contributed by atoms with van der Waals surface area (Å²) < 4.78 is 0. The van der Waals surface area contributed by atoms with Crippen LogP contribution in [-0.2, 0) is 16.1 Å². The molecule has 3 amide bonds. The fourth-order valence-electron chi connectivity index (χ4n) is 5.41. The van der Waals surface area contributed by atoms with Crippen LogP contribution >= 0.6 is 11.6 Å². The van der Waals surface area contributed by atoms with E-state index in [0.29, 0.717) is 16.3 Å². The van der Waals surface area contributed by atoms with Crippen molar-refractivity contribution in [1.82, 2.24) is 9.80 Å². The molecule has 37 heavy (non-hydrogen) atoms. The van der Waals surface area contributed by atoms with Crippen molar-refractivity contribution in [3.8, 4) is 0 Å². The minimum absolute atomic E-state index is 0.0245. The predicted molar refractivity (Wildman–Crippen MR) is 144 cm³/mol. The lowest BCUT2D eigenvalue weighted by atomic mass is 9.97. The van der Waals surface area contributed by atoms with E-state index in [1.54, 1.807) is 35.2 Å². The maximum absolute atomic E-state index is 14.0. The number of aryl methyl sites for hydroxylation is 1. The fraction of sp³-hybridized carbons (Fsp3) is 0.300. The number of hydrogen-bond acceptors (Lipinski definition) is 4. The van der Waals surface area contributed by atoms with Gasteiger partial charge in [-0.2, -0.15) is 0 Å². The van der Waals surface area contributed by atoms with Crippen LogP contribution in [0.2, 0.25) is 5.02 Å². The molecule has 0 spiro atoms. The third kappa shape index (κ3) is 5.31. The summed E-state index contributed by atoms with van der Waals surface area (Å²) in [6, 6.07) is 23.4. The summed E-state index contributed by atoms with van der Waals surface area (Å²) in [6.45, 7) is 4.37. The van der Waals surface area contributed by atoms with E-state index in [1.807, 2.05) is 43.3 Å². The average Bonchev–Trinajstić information content (AvgIpc) is 3.20. The van der Waals surface area contributed by atoms with Crippen molar-refractivity contribution in [2.45, 2.75) is 44.8 Å². The predicted octanol–water partition coefficient (Wildman–Crippen LogP) is 5.09. The summed E-state index contributed by atoms with van der Waals surface area (Å²) in [6.07, 6.45) is 1.45. The number of rotatable bonds is 6. The number of benzene rings is 3. The Morgan fingerprint density at radius 1 is 0.919 bits per heavy atom. The van der Waals surface area contributed by atoms with Gasteiger partial charge in [0, 0.05) is 36.3 Å². The molecule has 2 heterocycles. The summed E-state index contributed by atoms with van der Waals surface area (Å²) >= 11 is 6.01. The first-order chi connectivity index (χ1) is 17.9. The molecule has 3 aromatic carbocycles. The molecular formula is C30H30ClN3O3. The topological polar surface area (TPSA) is 60.9 Å². The number of carbonyl (C=O) groups excluding carboxylic acids is 3. The van der Waals surface area contributed by atoms with Crippen LogP contribution < -0.4 is 4.90 Å². The monoisotopic (exact) mass is 515 g/mol. The van der Waals surface area contributed by atoms with Crippen LogP contribution in [0.5, 0.6) is 0 Å². The Morgan fingerprint density at radius 2 is 1.57 bits per heavy atom. The van der Waals surface area contributed by atoms with Crippen molar-refractivity contribution in [2.24, 2.45) is 0 Å². The van der Waals surface area contributed by atoms with Crippen LogP contribution in [0.25, 0.3) is 0 Å². The molecule has 7 heteroatoms. The molecule has 1 atom stereocenters. The molecule has 0 bridgehead atoms. The molecule has 6 nitrogen and oxygen atoms in total. The van der Waals surface area contributed by atoms with Gasteiger partial charge in [0.2, 0.25) is 5.91 Å². The maximum Gasteiger partial charge on any atom is 0.257 e. The second kappa shape index (κ2) is 10.9. The van der Waals surface area contributed by atoms with E-state index in [2.05, 4.69) is 17.0 Å².